The molecule has 2 atom stereocenters. The average Bonchev–Trinajstić information content (AvgIpc) is 2.78. The van der Waals surface area contributed by atoms with Crippen molar-refractivity contribution in [3.8, 4) is 0 Å². The van der Waals surface area contributed by atoms with Crippen molar-refractivity contribution in [3.05, 3.63) is 64.4 Å². The summed E-state index contributed by atoms with van der Waals surface area (Å²) in [6.07, 6.45) is -1.18. The monoisotopic (exact) mass is 389 g/mol. The molecule has 6 nitrogen and oxygen atoms in total. The Morgan fingerprint density at radius 1 is 1.30 bits per heavy atom. The van der Waals surface area contributed by atoms with Crippen LogP contribution in [0.1, 0.15) is 18.1 Å². The summed E-state index contributed by atoms with van der Waals surface area (Å²) in [4.78, 5) is 19.9. The Hall–Kier alpha value is -2.77. The number of rotatable bonds is 4. The Labute approximate surface area is 160 Å². The zero-order valence-electron chi connectivity index (χ0n) is 14.4. The number of aliphatic hydroxyl groups is 1. The van der Waals surface area contributed by atoms with Crippen LogP contribution in [0.4, 0.5) is 10.1 Å². The van der Waals surface area contributed by atoms with E-state index in [0.717, 1.165) is 0 Å². The molecule has 0 aromatic heterocycles. The Morgan fingerprint density at radius 2 is 2.04 bits per heavy atom. The number of aliphatic carboxylic acids is 1. The number of hydrogen-bond acceptors (Lipinski definition) is 4. The quantitative estimate of drug-likeness (QED) is 0.749. The lowest BCUT2D eigenvalue weighted by atomic mass is 10.00. The van der Waals surface area contributed by atoms with Gasteiger partial charge in [0.15, 0.2) is 6.04 Å². The molecule has 0 bridgehead atoms. The van der Waals surface area contributed by atoms with Gasteiger partial charge >= 0.3 is 5.97 Å². The van der Waals surface area contributed by atoms with Crippen molar-refractivity contribution in [2.45, 2.75) is 19.1 Å². The van der Waals surface area contributed by atoms with E-state index in [1.807, 2.05) is 0 Å². The molecule has 27 heavy (non-hydrogen) atoms. The maximum absolute atomic E-state index is 14.3. The summed E-state index contributed by atoms with van der Waals surface area (Å²) in [5.41, 5.74) is 1.82. The van der Waals surface area contributed by atoms with Gasteiger partial charge in [0.1, 0.15) is 11.7 Å². The largest absolute Gasteiger partial charge is 0.480 e. The van der Waals surface area contributed by atoms with Crippen LogP contribution < -0.4 is 5.32 Å². The van der Waals surface area contributed by atoms with Gasteiger partial charge in [0.05, 0.1) is 18.4 Å². The minimum Gasteiger partial charge on any atom is -0.480 e. The van der Waals surface area contributed by atoms with E-state index in [-0.39, 0.29) is 12.4 Å². The zero-order valence-corrected chi connectivity index (χ0v) is 15.1. The Kier molecular flexibility index (Phi) is 5.53. The molecule has 0 aliphatic carbocycles. The lowest BCUT2D eigenvalue weighted by Crippen LogP contribution is -2.32. The molecular formula is C19H17ClFN3O3. The van der Waals surface area contributed by atoms with Gasteiger partial charge in [0, 0.05) is 21.8 Å². The molecule has 2 aromatic rings. The van der Waals surface area contributed by atoms with Crippen molar-refractivity contribution in [2.24, 2.45) is 9.98 Å². The van der Waals surface area contributed by atoms with E-state index in [9.17, 15) is 19.4 Å². The first-order valence-electron chi connectivity index (χ1n) is 8.20. The van der Waals surface area contributed by atoms with Crippen LogP contribution >= 0.6 is 11.6 Å². The molecule has 1 aliphatic heterocycles. The van der Waals surface area contributed by atoms with Crippen LogP contribution in [0.5, 0.6) is 0 Å². The first kappa shape index (κ1) is 19.0. The van der Waals surface area contributed by atoms with Gasteiger partial charge in [-0.25, -0.2) is 9.18 Å². The summed E-state index contributed by atoms with van der Waals surface area (Å²) in [6.45, 7) is 1.34. The fraction of sp³-hybridized carbons (Fsp3) is 0.211. The second kappa shape index (κ2) is 7.85. The van der Waals surface area contributed by atoms with Crippen molar-refractivity contribution in [2.75, 3.05) is 11.9 Å². The average molecular weight is 390 g/mol. The van der Waals surface area contributed by atoms with Gasteiger partial charge in [0.25, 0.3) is 0 Å². The van der Waals surface area contributed by atoms with E-state index < -0.39 is 23.9 Å². The molecule has 3 rings (SSSR count). The van der Waals surface area contributed by atoms with E-state index in [2.05, 4.69) is 15.3 Å². The van der Waals surface area contributed by atoms with Crippen molar-refractivity contribution < 1.29 is 19.4 Å². The van der Waals surface area contributed by atoms with Crippen molar-refractivity contribution in [1.29, 1.82) is 0 Å². The van der Waals surface area contributed by atoms with Gasteiger partial charge in [-0.2, -0.15) is 0 Å². The molecule has 0 fully saturated rings. The summed E-state index contributed by atoms with van der Waals surface area (Å²) in [7, 11) is 0. The van der Waals surface area contributed by atoms with Crippen LogP contribution in [-0.2, 0) is 4.79 Å². The molecule has 0 spiro atoms. The van der Waals surface area contributed by atoms with Crippen molar-refractivity contribution in [3.63, 3.8) is 0 Å². The molecule has 140 valence electrons. The van der Waals surface area contributed by atoms with Crippen molar-refractivity contribution >= 4 is 34.8 Å². The number of anilines is 1. The molecular weight excluding hydrogens is 373 g/mol. The minimum atomic E-state index is -1.34. The SMILES string of the molecule is CC(O)C(N=C1CN=C(c2ccccc2F)c2cc(Cl)ccc2N1)C(=O)O. The summed E-state index contributed by atoms with van der Waals surface area (Å²) in [5, 5.41) is 22.4. The molecule has 1 heterocycles. The van der Waals surface area contributed by atoms with Crippen LogP contribution in [0, 0.1) is 5.82 Å². The molecule has 3 N–H and O–H groups in total. The first-order chi connectivity index (χ1) is 12.9. The minimum absolute atomic E-state index is 0.00747. The summed E-state index contributed by atoms with van der Waals surface area (Å²) in [5.74, 6) is -1.44. The number of carboxylic acid groups (broad SMARTS) is 1. The van der Waals surface area contributed by atoms with Crippen molar-refractivity contribution in [1.82, 2.24) is 0 Å². The maximum atomic E-state index is 14.3. The number of benzodiazepines with no additional fused rings is 1. The van der Waals surface area contributed by atoms with Gasteiger partial charge in [-0.1, -0.05) is 23.7 Å². The highest BCUT2D eigenvalue weighted by atomic mass is 35.5. The molecule has 0 saturated heterocycles. The summed E-state index contributed by atoms with van der Waals surface area (Å²) < 4.78 is 14.3. The number of benzene rings is 2. The Morgan fingerprint density at radius 3 is 2.70 bits per heavy atom. The number of aliphatic hydroxyl groups excluding tert-OH is 1. The number of carboxylic acids is 1. The van der Waals surface area contributed by atoms with Crippen LogP contribution in [-0.4, -0.2) is 46.4 Å². The zero-order chi connectivity index (χ0) is 19.6. The van der Waals surface area contributed by atoms with Gasteiger partial charge in [-0.15, -0.1) is 0 Å². The van der Waals surface area contributed by atoms with E-state index in [0.29, 0.717) is 27.5 Å². The van der Waals surface area contributed by atoms with Crippen LogP contribution in [0.15, 0.2) is 52.4 Å². The smallest absolute Gasteiger partial charge is 0.331 e. The molecule has 0 saturated carbocycles. The van der Waals surface area contributed by atoms with Crippen LogP contribution in [0.2, 0.25) is 5.02 Å². The van der Waals surface area contributed by atoms with E-state index in [1.165, 1.54) is 13.0 Å². The fourth-order valence-corrected chi connectivity index (χ4v) is 2.92. The molecule has 2 aromatic carbocycles. The van der Waals surface area contributed by atoms with Crippen LogP contribution in [0.3, 0.4) is 0 Å². The number of carbonyl (C=O) groups is 1. The molecule has 1 aliphatic rings. The lowest BCUT2D eigenvalue weighted by Gasteiger charge is -2.14. The number of fused-ring (bicyclic) bond motifs is 1. The lowest BCUT2D eigenvalue weighted by molar-refractivity contribution is -0.140. The normalized spacial score (nSPS) is 17.3. The number of nitrogens with one attached hydrogen (secondary N) is 1. The summed E-state index contributed by atoms with van der Waals surface area (Å²) >= 11 is 6.11. The third-order valence-corrected chi connectivity index (χ3v) is 4.27. The number of amidine groups is 1. The third kappa shape index (κ3) is 4.15. The second-order valence-corrected chi connectivity index (χ2v) is 6.50. The van der Waals surface area contributed by atoms with E-state index in [4.69, 9.17) is 11.6 Å². The van der Waals surface area contributed by atoms with Gasteiger partial charge in [-0.05, 0) is 37.3 Å². The number of hydrogen-bond donors (Lipinski definition) is 3. The standard InChI is InChI=1S/C19H17ClFN3O3/c1-10(25)17(19(26)27)24-16-9-22-18(12-4-2-3-5-14(12)21)13-8-11(20)6-7-15(13)23-16/h2-8,10,17,25H,9H2,1H3,(H,23,24)(H,26,27). The molecule has 8 heteroatoms. The first-order valence-corrected chi connectivity index (χ1v) is 8.58. The number of halogens is 2. The second-order valence-electron chi connectivity index (χ2n) is 6.06. The molecule has 0 amide bonds. The summed E-state index contributed by atoms with van der Waals surface area (Å²) in [6, 6.07) is 9.88. The number of nitrogens with zero attached hydrogens (tertiary/aromatic N) is 2. The van der Waals surface area contributed by atoms with E-state index in [1.54, 1.807) is 36.4 Å². The molecule has 0 radical (unpaired) electrons. The number of aliphatic imine (C=N–C) groups is 2. The predicted octanol–water partition coefficient (Wildman–Crippen LogP) is 2.97. The highest BCUT2D eigenvalue weighted by Gasteiger charge is 2.25. The third-order valence-electron chi connectivity index (χ3n) is 4.04. The topological polar surface area (TPSA) is 94.3 Å². The Balaban J connectivity index is 2.12. The van der Waals surface area contributed by atoms with Crippen LogP contribution in [0.25, 0.3) is 0 Å². The predicted molar refractivity (Wildman–Crippen MR) is 103 cm³/mol. The molecule has 2 unspecified atom stereocenters. The maximum Gasteiger partial charge on any atom is 0.331 e. The van der Waals surface area contributed by atoms with Gasteiger partial charge in [0.2, 0.25) is 0 Å². The fourth-order valence-electron chi connectivity index (χ4n) is 2.75. The highest BCUT2D eigenvalue weighted by molar-refractivity contribution is 6.32. The van der Waals surface area contributed by atoms with Gasteiger partial charge in [-0.3, -0.25) is 9.98 Å². The van der Waals surface area contributed by atoms with E-state index >= 15 is 0 Å². The highest BCUT2D eigenvalue weighted by Crippen LogP contribution is 2.27. The Bertz CT molecular complexity index is 944. The van der Waals surface area contributed by atoms with Gasteiger partial charge < -0.3 is 15.5 Å².